The van der Waals surface area contributed by atoms with Gasteiger partial charge in [-0.15, -0.1) is 0 Å². The third-order valence-electron chi connectivity index (χ3n) is 6.51. The van der Waals surface area contributed by atoms with Crippen molar-refractivity contribution in [3.63, 3.8) is 0 Å². The zero-order chi connectivity index (χ0) is 28.8. The van der Waals surface area contributed by atoms with Crippen molar-refractivity contribution in [3.05, 3.63) is 107 Å². The molecule has 3 heterocycles. The van der Waals surface area contributed by atoms with E-state index >= 15 is 4.39 Å². The first kappa shape index (κ1) is 27.4. The van der Waals surface area contributed by atoms with E-state index < -0.39 is 5.97 Å². The first-order valence-electron chi connectivity index (χ1n) is 12.8. The largest absolute Gasteiger partial charge is 0.473 e. The van der Waals surface area contributed by atoms with Crippen LogP contribution in [0.25, 0.3) is 22.3 Å². The van der Waals surface area contributed by atoms with Crippen LogP contribution in [0.15, 0.2) is 72.9 Å². The lowest BCUT2D eigenvalue weighted by Gasteiger charge is -2.11. The molecule has 0 spiro atoms. The quantitative estimate of drug-likeness (QED) is 0.220. The highest BCUT2D eigenvalue weighted by Crippen LogP contribution is 2.26. The van der Waals surface area contributed by atoms with E-state index in [1.165, 1.54) is 13.2 Å². The Morgan fingerprint density at radius 2 is 1.93 bits per heavy atom. The average Bonchev–Trinajstić information content (AvgIpc) is 3.35. The van der Waals surface area contributed by atoms with Gasteiger partial charge in [-0.3, -0.25) is 0 Å². The van der Waals surface area contributed by atoms with E-state index in [4.69, 9.17) is 24.5 Å². The molecule has 10 heteroatoms. The van der Waals surface area contributed by atoms with Gasteiger partial charge >= 0.3 is 5.97 Å². The summed E-state index contributed by atoms with van der Waals surface area (Å²) in [5.74, 6) is 0.204. The number of hydrogen-bond donors (Lipinski definition) is 0. The molecule has 0 unspecified atom stereocenters. The summed E-state index contributed by atoms with van der Waals surface area (Å²) in [6.45, 7) is 1.14. The summed E-state index contributed by atoms with van der Waals surface area (Å²) in [4.78, 5) is 25.3. The number of benzene rings is 2. The monoisotopic (exact) mass is 551 g/mol. The van der Waals surface area contributed by atoms with Crippen molar-refractivity contribution in [2.45, 2.75) is 19.6 Å². The first-order valence-corrected chi connectivity index (χ1v) is 12.8. The molecule has 0 bridgehead atoms. The second-order valence-corrected chi connectivity index (χ2v) is 9.16. The van der Waals surface area contributed by atoms with Crippen LogP contribution in [0.4, 0.5) is 4.39 Å². The summed E-state index contributed by atoms with van der Waals surface area (Å²) in [5.41, 5.74) is 4.61. The van der Waals surface area contributed by atoms with Gasteiger partial charge in [-0.2, -0.15) is 5.26 Å². The fourth-order valence-corrected chi connectivity index (χ4v) is 4.39. The van der Waals surface area contributed by atoms with Crippen LogP contribution < -0.4 is 4.74 Å². The molecular formula is C31H26FN5O4. The fraction of sp³-hybridized carbons (Fsp3) is 0.194. The van der Waals surface area contributed by atoms with Gasteiger partial charge in [0.1, 0.15) is 30.0 Å². The molecule has 206 valence electrons. The summed E-state index contributed by atoms with van der Waals surface area (Å²) in [5, 5.41) is 8.89. The predicted octanol–water partition coefficient (Wildman–Crippen LogP) is 5.11. The Hall–Kier alpha value is -5.14. The van der Waals surface area contributed by atoms with Crippen molar-refractivity contribution in [2.75, 3.05) is 20.8 Å². The summed E-state index contributed by atoms with van der Waals surface area (Å²) >= 11 is 0. The van der Waals surface area contributed by atoms with Gasteiger partial charge in [-0.1, -0.05) is 24.3 Å². The summed E-state index contributed by atoms with van der Waals surface area (Å²) < 4.78 is 33.2. The second-order valence-electron chi connectivity index (χ2n) is 9.16. The van der Waals surface area contributed by atoms with Crippen LogP contribution in [0, 0.1) is 17.1 Å². The Labute approximate surface area is 235 Å². The molecule has 0 saturated carbocycles. The number of fused-ring (bicyclic) bond motifs is 1. The zero-order valence-corrected chi connectivity index (χ0v) is 22.5. The lowest BCUT2D eigenvalue weighted by atomic mass is 10.1. The van der Waals surface area contributed by atoms with Crippen molar-refractivity contribution < 1.29 is 23.4 Å². The van der Waals surface area contributed by atoms with E-state index in [1.54, 1.807) is 67.9 Å². The van der Waals surface area contributed by atoms with Gasteiger partial charge in [0.2, 0.25) is 5.88 Å². The number of hydrogen-bond acceptors (Lipinski definition) is 8. The van der Waals surface area contributed by atoms with Gasteiger partial charge in [0.25, 0.3) is 0 Å². The van der Waals surface area contributed by atoms with Crippen molar-refractivity contribution in [3.8, 4) is 23.2 Å². The minimum absolute atomic E-state index is 0.230. The van der Waals surface area contributed by atoms with E-state index in [0.717, 1.165) is 11.1 Å². The highest BCUT2D eigenvalue weighted by Gasteiger charge is 2.16. The highest BCUT2D eigenvalue weighted by molar-refractivity contribution is 5.93. The SMILES string of the molecule is COCCn1c(Cc2ccc(-c3cccc(OCc4ccc(C#N)nc4)n3)cc2F)nc2ccc(C(=O)OC)cc21. The van der Waals surface area contributed by atoms with E-state index in [2.05, 4.69) is 9.97 Å². The summed E-state index contributed by atoms with van der Waals surface area (Å²) in [7, 11) is 2.94. The third kappa shape index (κ3) is 6.21. The van der Waals surface area contributed by atoms with Crippen molar-refractivity contribution in [2.24, 2.45) is 0 Å². The number of ether oxygens (including phenoxy) is 3. The van der Waals surface area contributed by atoms with E-state index in [9.17, 15) is 4.79 Å². The van der Waals surface area contributed by atoms with Gasteiger partial charge in [-0.25, -0.2) is 24.1 Å². The van der Waals surface area contributed by atoms with Crippen molar-refractivity contribution in [1.29, 1.82) is 5.26 Å². The van der Waals surface area contributed by atoms with Crippen LogP contribution in [-0.4, -0.2) is 46.3 Å². The molecule has 0 aliphatic rings. The Balaban J connectivity index is 1.36. The maximum Gasteiger partial charge on any atom is 0.337 e. The van der Waals surface area contributed by atoms with Gasteiger partial charge in [0.05, 0.1) is 36.0 Å². The summed E-state index contributed by atoms with van der Waals surface area (Å²) in [6, 6.07) is 20.8. The molecule has 2 aromatic carbocycles. The van der Waals surface area contributed by atoms with Gasteiger partial charge in [-0.05, 0) is 42.0 Å². The predicted molar refractivity (Wildman–Crippen MR) is 149 cm³/mol. The van der Waals surface area contributed by atoms with Crippen molar-refractivity contribution in [1.82, 2.24) is 19.5 Å². The number of rotatable bonds is 10. The number of pyridine rings is 2. The van der Waals surface area contributed by atoms with Gasteiger partial charge < -0.3 is 18.8 Å². The number of carbonyl (C=O) groups excluding carboxylic acids is 1. The zero-order valence-electron chi connectivity index (χ0n) is 22.5. The molecular weight excluding hydrogens is 525 g/mol. The second kappa shape index (κ2) is 12.4. The molecule has 0 aliphatic heterocycles. The van der Waals surface area contributed by atoms with Crippen molar-refractivity contribution >= 4 is 17.0 Å². The molecule has 5 rings (SSSR count). The smallest absolute Gasteiger partial charge is 0.337 e. The Morgan fingerprint density at radius 1 is 1.05 bits per heavy atom. The van der Waals surface area contributed by atoms with Crippen LogP contribution >= 0.6 is 0 Å². The number of halogens is 1. The minimum Gasteiger partial charge on any atom is -0.473 e. The van der Waals surface area contributed by atoms with Crippen LogP contribution in [-0.2, 0) is 29.0 Å². The molecule has 9 nitrogen and oxygen atoms in total. The molecule has 5 aromatic rings. The topological polar surface area (TPSA) is 112 Å². The number of imidazole rings is 1. The number of methoxy groups -OCH3 is 2. The molecule has 0 atom stereocenters. The van der Waals surface area contributed by atoms with Crippen LogP contribution in [0.5, 0.6) is 5.88 Å². The average molecular weight is 552 g/mol. The molecule has 0 amide bonds. The maximum absolute atomic E-state index is 15.4. The van der Waals surface area contributed by atoms with Crippen LogP contribution in [0.1, 0.15) is 33.0 Å². The standard InChI is InChI=1S/C31H26FN5O4/c1-39-13-12-37-28-15-23(31(38)40-2)9-11-27(28)35-29(37)16-21-7-8-22(14-25(21)32)26-4-3-5-30(36-26)41-19-20-6-10-24(17-33)34-18-20/h3-11,14-15,18H,12-13,16,19H2,1-2H3. The fourth-order valence-electron chi connectivity index (χ4n) is 4.39. The minimum atomic E-state index is -0.441. The number of nitrogens with zero attached hydrogens (tertiary/aromatic N) is 5. The Morgan fingerprint density at radius 3 is 2.66 bits per heavy atom. The number of aromatic nitrogens is 4. The normalized spacial score (nSPS) is 10.9. The first-order chi connectivity index (χ1) is 20.0. The lowest BCUT2D eigenvalue weighted by molar-refractivity contribution is 0.0601. The summed E-state index contributed by atoms with van der Waals surface area (Å²) in [6.07, 6.45) is 1.82. The third-order valence-corrected chi connectivity index (χ3v) is 6.51. The molecule has 0 N–H and O–H groups in total. The number of esters is 1. The molecule has 41 heavy (non-hydrogen) atoms. The number of carbonyl (C=O) groups is 1. The molecule has 0 radical (unpaired) electrons. The highest BCUT2D eigenvalue weighted by atomic mass is 19.1. The molecule has 3 aromatic heterocycles. The molecule has 0 saturated heterocycles. The van der Waals surface area contributed by atoms with Crippen LogP contribution in [0.2, 0.25) is 0 Å². The molecule has 0 aliphatic carbocycles. The van der Waals surface area contributed by atoms with Gasteiger partial charge in [0.15, 0.2) is 0 Å². The molecule has 0 fully saturated rings. The lowest BCUT2D eigenvalue weighted by Crippen LogP contribution is -2.10. The van der Waals surface area contributed by atoms with Gasteiger partial charge in [0, 0.05) is 43.5 Å². The Kier molecular flexibility index (Phi) is 8.27. The van der Waals surface area contributed by atoms with E-state index in [-0.39, 0.29) is 18.8 Å². The van der Waals surface area contributed by atoms with E-state index in [0.29, 0.717) is 58.5 Å². The Bertz CT molecular complexity index is 1740. The number of nitriles is 1. The maximum atomic E-state index is 15.4. The van der Waals surface area contributed by atoms with E-state index in [1.807, 2.05) is 16.7 Å². The van der Waals surface area contributed by atoms with Crippen LogP contribution in [0.3, 0.4) is 0 Å².